The lowest BCUT2D eigenvalue weighted by Crippen LogP contribution is -2.52. The van der Waals surface area contributed by atoms with Crippen molar-refractivity contribution >= 4 is 52.0 Å². The van der Waals surface area contributed by atoms with Crippen LogP contribution < -0.4 is 21.1 Å². The SMILES string of the molecule is CC(=O)c1c(C)c2cnc(Nc3ccc(N4CCN(Cc5cc(F)c6c(c5)CN(C5CCC(=O)NC5=O)C6=O)CC4)cn3)nc2n(C2CCCC2)c1=O. The zero-order valence-electron chi connectivity index (χ0n) is 29.7. The third kappa shape index (κ3) is 6.43. The Labute approximate surface area is 304 Å². The summed E-state index contributed by atoms with van der Waals surface area (Å²) < 4.78 is 16.9. The first-order valence-electron chi connectivity index (χ1n) is 18.1. The van der Waals surface area contributed by atoms with Gasteiger partial charge in [0, 0.05) is 63.3 Å². The van der Waals surface area contributed by atoms with Gasteiger partial charge in [-0.3, -0.25) is 38.8 Å². The van der Waals surface area contributed by atoms with Crippen LogP contribution in [0.5, 0.6) is 0 Å². The van der Waals surface area contributed by atoms with Crippen LogP contribution in [0.1, 0.15) is 88.9 Å². The summed E-state index contributed by atoms with van der Waals surface area (Å²) in [6.45, 7) is 6.78. The monoisotopic (exact) mass is 721 g/mol. The number of imide groups is 1. The fraction of sp³-hybridized carbons (Fsp3) is 0.421. The van der Waals surface area contributed by atoms with Crippen LogP contribution in [0.3, 0.4) is 0 Å². The molecule has 2 saturated heterocycles. The molecule has 1 saturated carbocycles. The van der Waals surface area contributed by atoms with E-state index in [2.05, 4.69) is 30.4 Å². The number of aromatic nitrogens is 4. The molecule has 0 radical (unpaired) electrons. The fourth-order valence-corrected chi connectivity index (χ4v) is 8.30. The Kier molecular flexibility index (Phi) is 8.96. The van der Waals surface area contributed by atoms with Gasteiger partial charge in [-0.15, -0.1) is 0 Å². The van der Waals surface area contributed by atoms with Gasteiger partial charge in [0.25, 0.3) is 11.5 Å². The lowest BCUT2D eigenvalue weighted by Gasteiger charge is -2.36. The number of pyridine rings is 2. The van der Waals surface area contributed by atoms with Crippen molar-refractivity contribution in [3.8, 4) is 0 Å². The second-order valence-electron chi connectivity index (χ2n) is 14.4. The van der Waals surface area contributed by atoms with Crippen molar-refractivity contribution in [1.82, 2.24) is 34.6 Å². The average molecular weight is 722 g/mol. The number of fused-ring (bicyclic) bond motifs is 2. The zero-order valence-corrected chi connectivity index (χ0v) is 29.7. The molecule has 15 heteroatoms. The van der Waals surface area contributed by atoms with E-state index >= 15 is 4.39 Å². The van der Waals surface area contributed by atoms with Crippen LogP contribution in [-0.4, -0.2) is 85.0 Å². The Bertz CT molecular complexity index is 2230. The first-order chi connectivity index (χ1) is 25.5. The molecule has 1 atom stereocenters. The van der Waals surface area contributed by atoms with Gasteiger partial charge in [0.1, 0.15) is 23.3 Å². The van der Waals surface area contributed by atoms with Gasteiger partial charge in [0.2, 0.25) is 17.8 Å². The molecular formula is C38H40FN9O5. The predicted molar refractivity (Wildman–Crippen MR) is 193 cm³/mol. The van der Waals surface area contributed by atoms with E-state index in [9.17, 15) is 24.0 Å². The maximum atomic E-state index is 15.3. The number of hydrogen-bond donors (Lipinski definition) is 2. The van der Waals surface area contributed by atoms with E-state index < -0.39 is 23.7 Å². The van der Waals surface area contributed by atoms with Crippen LogP contribution in [-0.2, 0) is 22.7 Å². The van der Waals surface area contributed by atoms with Crippen molar-refractivity contribution in [1.29, 1.82) is 0 Å². The van der Waals surface area contributed by atoms with Crippen LogP contribution in [0.2, 0.25) is 0 Å². The highest BCUT2D eigenvalue weighted by molar-refractivity contribution is 6.05. The number of piperazine rings is 1. The first kappa shape index (κ1) is 34.5. The Morgan fingerprint density at radius 3 is 2.47 bits per heavy atom. The third-order valence-corrected chi connectivity index (χ3v) is 11.0. The van der Waals surface area contributed by atoms with Gasteiger partial charge in [-0.1, -0.05) is 18.9 Å². The zero-order chi connectivity index (χ0) is 37.0. The topological polar surface area (TPSA) is 163 Å². The number of ketones is 1. The minimum Gasteiger partial charge on any atom is -0.368 e. The van der Waals surface area contributed by atoms with Gasteiger partial charge in [-0.25, -0.2) is 14.4 Å². The second kappa shape index (κ2) is 13.8. The number of aryl methyl sites for hydroxylation is 1. The number of nitrogens with zero attached hydrogens (tertiary/aromatic N) is 7. The lowest BCUT2D eigenvalue weighted by molar-refractivity contribution is -0.136. The quantitative estimate of drug-likeness (QED) is 0.201. The highest BCUT2D eigenvalue weighted by atomic mass is 19.1. The Hall–Kier alpha value is -5.57. The molecule has 3 amide bonds. The van der Waals surface area contributed by atoms with E-state index in [1.54, 1.807) is 23.9 Å². The molecule has 0 bridgehead atoms. The summed E-state index contributed by atoms with van der Waals surface area (Å²) in [5.41, 5.74) is 3.28. The van der Waals surface area contributed by atoms with Crippen molar-refractivity contribution in [2.24, 2.45) is 0 Å². The average Bonchev–Trinajstić information content (AvgIpc) is 3.77. The second-order valence-corrected chi connectivity index (χ2v) is 14.4. The first-order valence-corrected chi connectivity index (χ1v) is 18.1. The number of carbonyl (C=O) groups excluding carboxylic acids is 4. The molecule has 8 rings (SSSR count). The Balaban J connectivity index is 0.909. The Morgan fingerprint density at radius 2 is 1.77 bits per heavy atom. The molecule has 4 aliphatic rings. The summed E-state index contributed by atoms with van der Waals surface area (Å²) in [6, 6.07) is 6.29. The maximum absolute atomic E-state index is 15.3. The van der Waals surface area contributed by atoms with E-state index in [1.165, 1.54) is 17.9 Å². The normalized spacial score (nSPS) is 19.6. The van der Waals surface area contributed by atoms with Gasteiger partial charge < -0.3 is 15.1 Å². The van der Waals surface area contributed by atoms with Crippen LogP contribution in [0.25, 0.3) is 11.0 Å². The van der Waals surface area contributed by atoms with Gasteiger partial charge >= 0.3 is 0 Å². The van der Waals surface area contributed by atoms with Crippen molar-refractivity contribution in [3.05, 3.63) is 80.6 Å². The van der Waals surface area contributed by atoms with Gasteiger partial charge in [0.05, 0.1) is 23.0 Å². The number of piperidine rings is 1. The molecule has 3 aliphatic heterocycles. The van der Waals surface area contributed by atoms with Crippen LogP contribution >= 0.6 is 0 Å². The summed E-state index contributed by atoms with van der Waals surface area (Å²) in [7, 11) is 0. The number of Topliss-reactive ketones (excluding diaryl/α,β-unsaturated/α-hetero) is 1. The summed E-state index contributed by atoms with van der Waals surface area (Å²) in [5.74, 6) is -1.40. The smallest absolute Gasteiger partial charge is 0.263 e. The van der Waals surface area contributed by atoms with E-state index in [0.717, 1.165) is 63.1 Å². The fourth-order valence-electron chi connectivity index (χ4n) is 8.30. The molecule has 3 aromatic heterocycles. The van der Waals surface area contributed by atoms with Crippen molar-refractivity contribution in [3.63, 3.8) is 0 Å². The summed E-state index contributed by atoms with van der Waals surface area (Å²) in [5, 5.41) is 6.14. The highest BCUT2D eigenvalue weighted by Gasteiger charge is 2.40. The molecular weight excluding hydrogens is 681 g/mol. The van der Waals surface area contributed by atoms with Gasteiger partial charge in [-0.2, -0.15) is 4.98 Å². The highest BCUT2D eigenvalue weighted by Crippen LogP contribution is 2.33. The molecule has 0 spiro atoms. The van der Waals surface area contributed by atoms with E-state index in [-0.39, 0.29) is 53.8 Å². The molecule has 14 nitrogen and oxygen atoms in total. The molecule has 53 heavy (non-hydrogen) atoms. The summed E-state index contributed by atoms with van der Waals surface area (Å²) in [4.78, 5) is 82.7. The number of nitrogens with one attached hydrogen (secondary N) is 2. The largest absolute Gasteiger partial charge is 0.368 e. The summed E-state index contributed by atoms with van der Waals surface area (Å²) >= 11 is 0. The number of hydrogen-bond acceptors (Lipinski definition) is 11. The number of halogens is 1. The van der Waals surface area contributed by atoms with E-state index in [4.69, 9.17) is 4.98 Å². The maximum Gasteiger partial charge on any atom is 0.263 e. The molecule has 4 aromatic rings. The molecule has 274 valence electrons. The number of carbonyl (C=O) groups is 4. The molecule has 1 unspecified atom stereocenters. The van der Waals surface area contributed by atoms with Gasteiger partial charge in [-0.05, 0) is 68.0 Å². The predicted octanol–water partition coefficient (Wildman–Crippen LogP) is 3.78. The lowest BCUT2D eigenvalue weighted by atomic mass is 10.0. The van der Waals surface area contributed by atoms with E-state index in [0.29, 0.717) is 40.5 Å². The molecule has 6 heterocycles. The van der Waals surface area contributed by atoms with Crippen molar-refractivity contribution in [2.75, 3.05) is 36.4 Å². The van der Waals surface area contributed by atoms with Crippen molar-refractivity contribution in [2.45, 2.75) is 77.5 Å². The van der Waals surface area contributed by atoms with Crippen LogP contribution in [0.15, 0.2) is 41.5 Å². The number of rotatable bonds is 8. The molecule has 2 N–H and O–H groups in total. The number of anilines is 3. The van der Waals surface area contributed by atoms with Crippen LogP contribution in [0, 0.1) is 12.7 Å². The molecule has 3 fully saturated rings. The number of amides is 3. The van der Waals surface area contributed by atoms with Crippen molar-refractivity contribution < 1.29 is 23.6 Å². The van der Waals surface area contributed by atoms with E-state index in [1.807, 2.05) is 18.2 Å². The third-order valence-electron chi connectivity index (χ3n) is 11.0. The summed E-state index contributed by atoms with van der Waals surface area (Å²) in [6.07, 6.45) is 7.60. The molecule has 1 aromatic carbocycles. The minimum absolute atomic E-state index is 0.00328. The molecule has 1 aliphatic carbocycles. The standard InChI is InChI=1S/C38H40FN9O5/c1-21-27-18-41-38(44-34(27)48(25-5-3-4-6-25)37(53)32(21)22(2)49)42-30-9-7-26(17-40-30)46-13-11-45(12-14-46)19-23-15-24-20-47(36(52)33(24)28(39)16-23)29-8-10-31(50)43-35(29)51/h7,9,15-18,25,29H,3-6,8,10-14,19-20H2,1-2H3,(H,43,50,51)(H,40,41,42,44). The Morgan fingerprint density at radius 1 is 1.00 bits per heavy atom. The van der Waals surface area contributed by atoms with Crippen LogP contribution in [0.4, 0.5) is 21.8 Å². The van der Waals surface area contributed by atoms with Gasteiger partial charge in [0.15, 0.2) is 5.78 Å². The number of benzene rings is 1. The minimum atomic E-state index is -0.788.